The highest BCUT2D eigenvalue weighted by molar-refractivity contribution is 6.36. The molecular formula is C30H34Cl2N2O2. The Morgan fingerprint density at radius 3 is 2.08 bits per heavy atom. The highest BCUT2D eigenvalue weighted by Crippen LogP contribution is 2.28. The lowest BCUT2D eigenvalue weighted by Crippen LogP contribution is -2.54. The van der Waals surface area contributed by atoms with Crippen LogP contribution in [0.15, 0.2) is 66.7 Å². The van der Waals surface area contributed by atoms with Gasteiger partial charge in [-0.05, 0) is 69.0 Å². The number of carbonyl (C=O) groups excluding carboxylic acids is 2. The zero-order chi connectivity index (χ0) is 26.5. The van der Waals surface area contributed by atoms with Crippen LogP contribution in [0.4, 0.5) is 0 Å². The van der Waals surface area contributed by atoms with Crippen LogP contribution < -0.4 is 5.32 Å². The van der Waals surface area contributed by atoms with Gasteiger partial charge < -0.3 is 10.2 Å². The average Bonchev–Trinajstić information content (AvgIpc) is 2.79. The molecule has 0 bridgehead atoms. The Hall–Kier alpha value is -2.82. The topological polar surface area (TPSA) is 49.4 Å². The number of carbonyl (C=O) groups is 2. The van der Waals surface area contributed by atoms with Crippen molar-refractivity contribution >= 4 is 35.0 Å². The van der Waals surface area contributed by atoms with Gasteiger partial charge in [0, 0.05) is 34.1 Å². The summed E-state index contributed by atoms with van der Waals surface area (Å²) in [6.07, 6.45) is 0.529. The molecule has 3 aromatic carbocycles. The lowest BCUT2D eigenvalue weighted by molar-refractivity contribution is -0.141. The van der Waals surface area contributed by atoms with Crippen molar-refractivity contribution in [1.29, 1.82) is 0 Å². The Labute approximate surface area is 224 Å². The Morgan fingerprint density at radius 2 is 1.50 bits per heavy atom. The Balaban J connectivity index is 2.05. The molecule has 36 heavy (non-hydrogen) atoms. The molecule has 1 N–H and O–H groups in total. The molecule has 0 heterocycles. The molecule has 0 aromatic heterocycles. The first kappa shape index (κ1) is 27.8. The first-order chi connectivity index (χ1) is 16.9. The molecule has 0 fully saturated rings. The van der Waals surface area contributed by atoms with E-state index in [1.54, 1.807) is 23.1 Å². The van der Waals surface area contributed by atoms with Crippen molar-refractivity contribution in [1.82, 2.24) is 10.2 Å². The van der Waals surface area contributed by atoms with Crippen molar-refractivity contribution < 1.29 is 9.59 Å². The minimum absolute atomic E-state index is 0.122. The smallest absolute Gasteiger partial charge is 0.243 e. The van der Waals surface area contributed by atoms with Crippen molar-refractivity contribution in [2.24, 2.45) is 0 Å². The van der Waals surface area contributed by atoms with Crippen LogP contribution in [0.2, 0.25) is 10.0 Å². The molecule has 6 heteroatoms. The summed E-state index contributed by atoms with van der Waals surface area (Å²) >= 11 is 13.0. The van der Waals surface area contributed by atoms with Gasteiger partial charge in [-0.25, -0.2) is 0 Å². The summed E-state index contributed by atoms with van der Waals surface area (Å²) in [5.74, 6) is -0.387. The van der Waals surface area contributed by atoms with Crippen LogP contribution in [0.25, 0.3) is 0 Å². The maximum Gasteiger partial charge on any atom is 0.243 e. The number of halogens is 2. The molecule has 0 radical (unpaired) electrons. The molecule has 0 saturated heterocycles. The van der Waals surface area contributed by atoms with Crippen molar-refractivity contribution in [2.45, 2.75) is 65.6 Å². The fourth-order valence-corrected chi connectivity index (χ4v) is 4.57. The number of rotatable bonds is 8. The van der Waals surface area contributed by atoms with Crippen LogP contribution in [0.3, 0.4) is 0 Å². The third-order valence-corrected chi connectivity index (χ3v) is 6.79. The standard InChI is InChI=1S/C30H34Cl2N2O2/c1-20-14-15-23(16-21(20)2)18-28(35)34(19-24-25(31)12-9-13-26(24)32)27(29(36)33-30(3,4)5)17-22-10-7-6-8-11-22/h6-16,27H,17-19H2,1-5H3,(H,33,36). The minimum atomic E-state index is -0.752. The molecule has 1 unspecified atom stereocenters. The first-order valence-corrected chi connectivity index (χ1v) is 12.8. The fraction of sp³-hybridized carbons (Fsp3) is 0.333. The third-order valence-electron chi connectivity index (χ3n) is 6.09. The van der Waals surface area contributed by atoms with Gasteiger partial charge in [-0.15, -0.1) is 0 Å². The second-order valence-corrected chi connectivity index (χ2v) is 11.1. The second kappa shape index (κ2) is 11.9. The maximum absolute atomic E-state index is 13.9. The lowest BCUT2D eigenvalue weighted by Gasteiger charge is -2.34. The molecule has 0 aliphatic rings. The SMILES string of the molecule is Cc1ccc(CC(=O)N(Cc2c(Cl)cccc2Cl)C(Cc2ccccc2)C(=O)NC(C)(C)C)cc1C. The van der Waals surface area contributed by atoms with Crippen LogP contribution in [-0.4, -0.2) is 28.3 Å². The van der Waals surface area contributed by atoms with E-state index in [-0.39, 0.29) is 24.8 Å². The fourth-order valence-electron chi connectivity index (χ4n) is 4.05. The summed E-state index contributed by atoms with van der Waals surface area (Å²) in [6, 6.07) is 20.2. The van der Waals surface area contributed by atoms with E-state index < -0.39 is 11.6 Å². The Kier molecular flexibility index (Phi) is 9.21. The van der Waals surface area contributed by atoms with Gasteiger partial charge in [0.15, 0.2) is 0 Å². The Morgan fingerprint density at radius 1 is 0.861 bits per heavy atom. The largest absolute Gasteiger partial charge is 0.350 e. The molecule has 3 rings (SSSR count). The normalized spacial score (nSPS) is 12.2. The second-order valence-electron chi connectivity index (χ2n) is 10.3. The zero-order valence-corrected chi connectivity index (χ0v) is 23.1. The van der Waals surface area contributed by atoms with E-state index in [4.69, 9.17) is 23.2 Å². The molecule has 0 spiro atoms. The molecule has 0 aliphatic heterocycles. The number of aryl methyl sites for hydroxylation is 2. The third kappa shape index (κ3) is 7.59. The summed E-state index contributed by atoms with van der Waals surface area (Å²) in [5, 5.41) is 3.99. The summed E-state index contributed by atoms with van der Waals surface area (Å²) in [5.41, 5.74) is 4.30. The number of hydrogen-bond acceptors (Lipinski definition) is 2. The lowest BCUT2D eigenvalue weighted by atomic mass is 9.99. The van der Waals surface area contributed by atoms with E-state index in [0.29, 0.717) is 22.0 Å². The predicted octanol–water partition coefficient (Wildman–Crippen LogP) is 6.71. The van der Waals surface area contributed by atoms with Gasteiger partial charge in [-0.2, -0.15) is 0 Å². The van der Waals surface area contributed by atoms with Crippen LogP contribution in [0, 0.1) is 13.8 Å². The van der Waals surface area contributed by atoms with Crippen molar-refractivity contribution in [2.75, 3.05) is 0 Å². The number of amides is 2. The van der Waals surface area contributed by atoms with Gasteiger partial charge in [-0.1, -0.05) is 77.8 Å². The molecule has 2 amide bonds. The van der Waals surface area contributed by atoms with Gasteiger partial charge in [-0.3, -0.25) is 9.59 Å². The monoisotopic (exact) mass is 524 g/mol. The van der Waals surface area contributed by atoms with Crippen molar-refractivity contribution in [3.8, 4) is 0 Å². The molecule has 0 saturated carbocycles. The van der Waals surface area contributed by atoms with Crippen LogP contribution in [0.5, 0.6) is 0 Å². The van der Waals surface area contributed by atoms with Crippen molar-refractivity contribution in [3.63, 3.8) is 0 Å². The van der Waals surface area contributed by atoms with Crippen LogP contribution >= 0.6 is 23.2 Å². The predicted molar refractivity (Wildman–Crippen MR) is 148 cm³/mol. The number of nitrogens with one attached hydrogen (secondary N) is 1. The summed E-state index contributed by atoms with van der Waals surface area (Å²) in [6.45, 7) is 9.97. The Bertz CT molecular complexity index is 1200. The molecular weight excluding hydrogens is 491 g/mol. The number of nitrogens with zero attached hydrogens (tertiary/aromatic N) is 1. The highest BCUT2D eigenvalue weighted by Gasteiger charge is 2.33. The van der Waals surface area contributed by atoms with Crippen LogP contribution in [-0.2, 0) is 29.0 Å². The molecule has 3 aromatic rings. The first-order valence-electron chi connectivity index (χ1n) is 12.1. The average molecular weight is 526 g/mol. The maximum atomic E-state index is 13.9. The zero-order valence-electron chi connectivity index (χ0n) is 21.6. The van der Waals surface area contributed by atoms with E-state index in [0.717, 1.165) is 22.3 Å². The summed E-state index contributed by atoms with van der Waals surface area (Å²) in [4.78, 5) is 29.2. The molecule has 4 nitrogen and oxygen atoms in total. The van der Waals surface area contributed by atoms with Gasteiger partial charge in [0.05, 0.1) is 6.42 Å². The minimum Gasteiger partial charge on any atom is -0.350 e. The van der Waals surface area contributed by atoms with Gasteiger partial charge >= 0.3 is 0 Å². The van der Waals surface area contributed by atoms with E-state index in [1.165, 1.54) is 0 Å². The van der Waals surface area contributed by atoms with E-state index >= 15 is 0 Å². The van der Waals surface area contributed by atoms with Crippen LogP contribution in [0.1, 0.15) is 48.6 Å². The van der Waals surface area contributed by atoms with E-state index in [1.807, 2.05) is 83.1 Å². The quantitative estimate of drug-likeness (QED) is 0.356. The number of hydrogen-bond donors (Lipinski definition) is 1. The van der Waals surface area contributed by atoms with E-state index in [9.17, 15) is 9.59 Å². The van der Waals surface area contributed by atoms with Crippen molar-refractivity contribution in [3.05, 3.63) is 105 Å². The molecule has 0 aliphatic carbocycles. The van der Waals surface area contributed by atoms with Gasteiger partial charge in [0.2, 0.25) is 11.8 Å². The summed E-state index contributed by atoms with van der Waals surface area (Å²) < 4.78 is 0. The van der Waals surface area contributed by atoms with E-state index in [2.05, 4.69) is 5.32 Å². The molecule has 190 valence electrons. The van der Waals surface area contributed by atoms with Gasteiger partial charge in [0.25, 0.3) is 0 Å². The molecule has 1 atom stereocenters. The van der Waals surface area contributed by atoms with Gasteiger partial charge in [0.1, 0.15) is 6.04 Å². The highest BCUT2D eigenvalue weighted by atomic mass is 35.5. The summed E-state index contributed by atoms with van der Waals surface area (Å²) in [7, 11) is 0. The number of benzene rings is 3.